The Bertz CT molecular complexity index is 771. The van der Waals surface area contributed by atoms with Crippen molar-refractivity contribution in [3.63, 3.8) is 0 Å². The number of likely N-dealkylation sites (N-methyl/N-ethyl adjacent to an activating group) is 1. The van der Waals surface area contributed by atoms with E-state index < -0.39 is 0 Å². The summed E-state index contributed by atoms with van der Waals surface area (Å²) < 4.78 is 0. The molecule has 0 fully saturated rings. The molecule has 0 atom stereocenters. The monoisotopic (exact) mass is 358 g/mol. The van der Waals surface area contributed by atoms with Crippen LogP contribution in [0.3, 0.4) is 0 Å². The zero-order valence-electron chi connectivity index (χ0n) is 13.7. The van der Waals surface area contributed by atoms with Gasteiger partial charge in [-0.05, 0) is 50.0 Å². The molecule has 2 aromatic rings. The van der Waals surface area contributed by atoms with Crippen LogP contribution in [0.4, 0.5) is 5.69 Å². The summed E-state index contributed by atoms with van der Waals surface area (Å²) in [5.74, 6) is 0.0514. The largest absolute Gasteiger partial charge is 0.308 e. The van der Waals surface area contributed by atoms with Crippen molar-refractivity contribution in [2.45, 2.75) is 4.90 Å². The fourth-order valence-electron chi connectivity index (χ4n) is 2.49. The lowest BCUT2D eigenvalue weighted by Crippen LogP contribution is -2.39. The van der Waals surface area contributed by atoms with Crippen LogP contribution in [0.25, 0.3) is 6.08 Å². The number of amides is 1. The van der Waals surface area contributed by atoms with Gasteiger partial charge in [0.1, 0.15) is 0 Å². The number of para-hydroxylation sites is 1. The Morgan fingerprint density at radius 3 is 2.54 bits per heavy atom. The lowest BCUT2D eigenvalue weighted by Gasteiger charge is -2.31. The van der Waals surface area contributed by atoms with E-state index in [1.807, 2.05) is 67.5 Å². The molecular weight excluding hydrogens is 340 g/mol. The smallest absolute Gasteiger partial charge is 0.265 e. The first-order valence-electron chi connectivity index (χ1n) is 7.75. The van der Waals surface area contributed by atoms with Crippen LogP contribution >= 0.6 is 23.4 Å². The van der Waals surface area contributed by atoms with Gasteiger partial charge in [-0.3, -0.25) is 4.79 Å². The number of carbonyl (C=O) groups excluding carboxylic acids is 1. The van der Waals surface area contributed by atoms with Crippen molar-refractivity contribution in [3.05, 3.63) is 64.0 Å². The zero-order chi connectivity index (χ0) is 17.1. The van der Waals surface area contributed by atoms with E-state index in [1.165, 1.54) is 11.8 Å². The third-order valence-corrected chi connectivity index (χ3v) is 5.10. The summed E-state index contributed by atoms with van der Waals surface area (Å²) in [5, 5.41) is 0.692. The van der Waals surface area contributed by atoms with Crippen LogP contribution in [-0.2, 0) is 4.79 Å². The highest BCUT2D eigenvalue weighted by molar-refractivity contribution is 8.04. The highest BCUT2D eigenvalue weighted by Crippen LogP contribution is 2.41. The summed E-state index contributed by atoms with van der Waals surface area (Å²) in [6.07, 6.45) is 1.93. The Balaban J connectivity index is 1.95. The molecule has 1 aliphatic rings. The summed E-state index contributed by atoms with van der Waals surface area (Å²) in [6, 6.07) is 15.6. The maximum Gasteiger partial charge on any atom is 0.265 e. The molecule has 0 aromatic heterocycles. The predicted molar refractivity (Wildman–Crippen MR) is 103 cm³/mol. The molecule has 2 aromatic carbocycles. The molecule has 0 aliphatic carbocycles. The van der Waals surface area contributed by atoms with Crippen molar-refractivity contribution in [3.8, 4) is 0 Å². The third kappa shape index (κ3) is 3.83. The van der Waals surface area contributed by atoms with E-state index in [0.717, 1.165) is 27.6 Å². The molecule has 0 N–H and O–H groups in total. The van der Waals surface area contributed by atoms with E-state index in [1.54, 1.807) is 0 Å². The molecular formula is C19H19ClN2OS. The molecule has 1 aliphatic heterocycles. The maximum absolute atomic E-state index is 13.0. The van der Waals surface area contributed by atoms with Gasteiger partial charge in [-0.15, -0.1) is 0 Å². The van der Waals surface area contributed by atoms with Gasteiger partial charge in [0.2, 0.25) is 0 Å². The highest BCUT2D eigenvalue weighted by atomic mass is 35.5. The maximum atomic E-state index is 13.0. The van der Waals surface area contributed by atoms with Crippen LogP contribution in [0, 0.1) is 0 Å². The van der Waals surface area contributed by atoms with Crippen molar-refractivity contribution in [1.29, 1.82) is 0 Å². The zero-order valence-corrected chi connectivity index (χ0v) is 15.3. The van der Waals surface area contributed by atoms with Gasteiger partial charge in [0.15, 0.2) is 0 Å². The van der Waals surface area contributed by atoms with Gasteiger partial charge in [0.25, 0.3) is 5.91 Å². The average molecular weight is 359 g/mol. The van der Waals surface area contributed by atoms with Crippen LogP contribution in [0.15, 0.2) is 58.3 Å². The molecule has 0 saturated carbocycles. The summed E-state index contributed by atoms with van der Waals surface area (Å²) in [5.41, 5.74) is 1.96. The Kier molecular flexibility index (Phi) is 5.29. The quantitative estimate of drug-likeness (QED) is 0.758. The van der Waals surface area contributed by atoms with E-state index in [4.69, 9.17) is 11.6 Å². The van der Waals surface area contributed by atoms with Gasteiger partial charge in [-0.2, -0.15) is 0 Å². The van der Waals surface area contributed by atoms with Gasteiger partial charge in [-0.1, -0.05) is 47.6 Å². The van der Waals surface area contributed by atoms with Gasteiger partial charge < -0.3 is 9.80 Å². The lowest BCUT2D eigenvalue weighted by atomic mass is 10.2. The van der Waals surface area contributed by atoms with Crippen LogP contribution in [0.1, 0.15) is 5.56 Å². The molecule has 124 valence electrons. The minimum absolute atomic E-state index is 0.0514. The molecule has 3 rings (SSSR count). The number of halogens is 1. The first-order chi connectivity index (χ1) is 11.5. The number of hydrogen-bond acceptors (Lipinski definition) is 3. The van der Waals surface area contributed by atoms with Crippen LogP contribution in [-0.4, -0.2) is 38.0 Å². The Morgan fingerprint density at radius 1 is 1.12 bits per heavy atom. The number of carbonyl (C=O) groups is 1. The first-order valence-corrected chi connectivity index (χ1v) is 8.95. The number of hydrogen-bond donors (Lipinski definition) is 0. The van der Waals surface area contributed by atoms with Gasteiger partial charge in [0, 0.05) is 23.0 Å². The predicted octanol–water partition coefficient (Wildman–Crippen LogP) is 4.38. The third-order valence-electron chi connectivity index (χ3n) is 3.77. The molecule has 3 nitrogen and oxygen atoms in total. The second kappa shape index (κ2) is 7.43. The van der Waals surface area contributed by atoms with Crippen molar-refractivity contribution in [1.82, 2.24) is 4.90 Å². The Hall–Kier alpha value is -1.75. The molecule has 0 saturated heterocycles. The Morgan fingerprint density at radius 2 is 1.83 bits per heavy atom. The minimum atomic E-state index is 0.0514. The van der Waals surface area contributed by atoms with Crippen molar-refractivity contribution < 1.29 is 4.79 Å². The summed E-state index contributed by atoms with van der Waals surface area (Å²) >= 11 is 7.46. The first kappa shape index (κ1) is 17.1. The number of benzene rings is 2. The molecule has 0 spiro atoms. The highest BCUT2D eigenvalue weighted by Gasteiger charge is 2.28. The van der Waals surface area contributed by atoms with E-state index in [0.29, 0.717) is 11.6 Å². The molecule has 5 heteroatoms. The fraction of sp³-hybridized carbons (Fsp3) is 0.211. The number of thioether (sulfide) groups is 1. The fourth-order valence-corrected chi connectivity index (χ4v) is 3.68. The number of anilines is 1. The van der Waals surface area contributed by atoms with Crippen LogP contribution in [0.2, 0.25) is 5.02 Å². The normalized spacial score (nSPS) is 15.9. The second-order valence-electron chi connectivity index (χ2n) is 5.89. The van der Waals surface area contributed by atoms with Crippen LogP contribution in [0.5, 0.6) is 0 Å². The van der Waals surface area contributed by atoms with E-state index >= 15 is 0 Å². The molecule has 0 radical (unpaired) electrons. The van der Waals surface area contributed by atoms with Crippen molar-refractivity contribution >= 4 is 41.0 Å². The Labute approximate surface area is 151 Å². The second-order valence-corrected chi connectivity index (χ2v) is 7.41. The summed E-state index contributed by atoms with van der Waals surface area (Å²) in [6.45, 7) is 1.49. The topological polar surface area (TPSA) is 23.6 Å². The van der Waals surface area contributed by atoms with Crippen molar-refractivity contribution in [2.75, 3.05) is 32.1 Å². The number of rotatable bonds is 4. The van der Waals surface area contributed by atoms with E-state index in [-0.39, 0.29) is 5.91 Å². The van der Waals surface area contributed by atoms with Crippen molar-refractivity contribution in [2.24, 2.45) is 0 Å². The summed E-state index contributed by atoms with van der Waals surface area (Å²) in [4.78, 5) is 18.8. The SMILES string of the molecule is CN(C)CCN1C(=O)/C(=C\c2ccc(Cl)cc2)Sc2ccccc21. The molecule has 0 unspecified atom stereocenters. The number of nitrogens with zero attached hydrogens (tertiary/aromatic N) is 2. The van der Waals surface area contributed by atoms with E-state index in [2.05, 4.69) is 11.0 Å². The average Bonchev–Trinajstić information content (AvgIpc) is 2.57. The molecule has 24 heavy (non-hydrogen) atoms. The van der Waals surface area contributed by atoms with Gasteiger partial charge >= 0.3 is 0 Å². The van der Waals surface area contributed by atoms with Gasteiger partial charge in [0.05, 0.1) is 10.6 Å². The number of fused-ring (bicyclic) bond motifs is 1. The van der Waals surface area contributed by atoms with Crippen LogP contribution < -0.4 is 4.90 Å². The molecule has 1 amide bonds. The van der Waals surface area contributed by atoms with Gasteiger partial charge in [-0.25, -0.2) is 0 Å². The lowest BCUT2D eigenvalue weighted by molar-refractivity contribution is -0.114. The summed E-state index contributed by atoms with van der Waals surface area (Å²) in [7, 11) is 4.03. The van der Waals surface area contributed by atoms with E-state index in [9.17, 15) is 4.79 Å². The standard InChI is InChI=1S/C19H19ClN2OS/c1-21(2)11-12-22-16-5-3-4-6-17(16)24-18(19(22)23)13-14-7-9-15(20)10-8-14/h3-10,13H,11-12H2,1-2H3/b18-13+. The molecule has 0 bridgehead atoms. The minimum Gasteiger partial charge on any atom is -0.308 e. The molecule has 1 heterocycles.